The van der Waals surface area contributed by atoms with Crippen LogP contribution in [0, 0.1) is 6.92 Å². The molecule has 174 valence electrons. The quantitative estimate of drug-likeness (QED) is 0.195. The van der Waals surface area contributed by atoms with E-state index in [4.69, 9.17) is 0 Å². The summed E-state index contributed by atoms with van der Waals surface area (Å²) in [6.07, 6.45) is 10.7. The number of unbranched alkanes of at least 4 members (excludes halogenated alkanes) is 2. The zero-order valence-corrected chi connectivity index (χ0v) is 21.3. The van der Waals surface area contributed by atoms with Crippen LogP contribution >= 0.6 is 0 Å². The molecule has 0 unspecified atom stereocenters. The molecular weight excluding hydrogens is 396 g/mol. The summed E-state index contributed by atoms with van der Waals surface area (Å²) in [5, 5.41) is 0. The van der Waals surface area contributed by atoms with E-state index in [0.29, 0.717) is 0 Å². The zero-order valence-electron chi connectivity index (χ0n) is 21.3. The van der Waals surface area contributed by atoms with Gasteiger partial charge in [-0.1, -0.05) is 86.5 Å². The van der Waals surface area contributed by atoms with E-state index >= 15 is 0 Å². The van der Waals surface area contributed by atoms with Gasteiger partial charge in [-0.15, -0.1) is 6.58 Å². The Balaban J connectivity index is 1.72. The van der Waals surface area contributed by atoms with Gasteiger partial charge in [-0.25, -0.2) is 0 Å². The van der Waals surface area contributed by atoms with Crippen LogP contribution in [0.4, 0.5) is 0 Å². The molecule has 0 aliphatic carbocycles. The minimum absolute atomic E-state index is 1.10. The lowest BCUT2D eigenvalue weighted by atomic mass is 9.88. The number of benzene rings is 3. The predicted molar refractivity (Wildman–Crippen MR) is 146 cm³/mol. The molecule has 0 N–H and O–H groups in total. The van der Waals surface area contributed by atoms with Crippen LogP contribution in [-0.2, 0) is 32.1 Å². The second kappa shape index (κ2) is 12.6. The average Bonchev–Trinajstić information content (AvgIpc) is 2.83. The van der Waals surface area contributed by atoms with Gasteiger partial charge in [0.1, 0.15) is 0 Å². The summed E-state index contributed by atoms with van der Waals surface area (Å²) in [6.45, 7) is 13.1. The van der Waals surface area contributed by atoms with Crippen molar-refractivity contribution >= 4 is 0 Å². The lowest BCUT2D eigenvalue weighted by Gasteiger charge is -2.17. The molecule has 3 aromatic rings. The Morgan fingerprint density at radius 1 is 0.727 bits per heavy atom. The fourth-order valence-electron chi connectivity index (χ4n) is 5.04. The highest BCUT2D eigenvalue weighted by Gasteiger charge is 2.11. The molecule has 0 saturated carbocycles. The number of rotatable bonds is 12. The van der Waals surface area contributed by atoms with Crippen LogP contribution in [0.25, 0.3) is 11.1 Å². The largest absolute Gasteiger partial charge is 0.100 e. The van der Waals surface area contributed by atoms with E-state index < -0.39 is 0 Å². The Morgan fingerprint density at radius 2 is 1.42 bits per heavy atom. The van der Waals surface area contributed by atoms with Crippen LogP contribution < -0.4 is 0 Å². The molecule has 0 saturated heterocycles. The third kappa shape index (κ3) is 6.94. The number of hydrogen-bond donors (Lipinski definition) is 0. The standard InChI is InChI=1S/C33H42/c1-6-28-23-27(24-29(7-2)33(28)19-13-8-10-15-25(3)4)21-22-30-18-14-20-32(26(30)5)31-16-11-9-12-17-31/h9,11-12,14,16-18,20,23-24H,3,6-8,10,13,15,19,21-22H2,1-2,4-5H3. The van der Waals surface area contributed by atoms with Crippen LogP contribution in [0.15, 0.2) is 72.8 Å². The highest BCUT2D eigenvalue weighted by molar-refractivity contribution is 5.68. The van der Waals surface area contributed by atoms with Crippen molar-refractivity contribution in [2.24, 2.45) is 0 Å². The maximum Gasteiger partial charge on any atom is -0.0152 e. The molecule has 0 nitrogen and oxygen atoms in total. The van der Waals surface area contributed by atoms with Crippen molar-refractivity contribution in [2.45, 2.75) is 85.5 Å². The summed E-state index contributed by atoms with van der Waals surface area (Å²) in [5.74, 6) is 0. The molecule has 0 fully saturated rings. The molecule has 0 aromatic heterocycles. The smallest absolute Gasteiger partial charge is 0.0152 e. The molecule has 33 heavy (non-hydrogen) atoms. The SMILES string of the molecule is C=C(C)CCCCCc1c(CC)cc(CCc2cccc(-c3ccccc3)c2C)cc1CC. The van der Waals surface area contributed by atoms with Crippen molar-refractivity contribution in [1.29, 1.82) is 0 Å². The number of hydrogen-bond acceptors (Lipinski definition) is 0. The highest BCUT2D eigenvalue weighted by atomic mass is 14.2. The molecular formula is C33H42. The van der Waals surface area contributed by atoms with Crippen LogP contribution in [0.2, 0.25) is 0 Å². The van der Waals surface area contributed by atoms with E-state index in [1.54, 1.807) is 16.7 Å². The average molecular weight is 439 g/mol. The van der Waals surface area contributed by atoms with Crippen molar-refractivity contribution < 1.29 is 0 Å². The molecule has 0 amide bonds. The molecule has 0 atom stereocenters. The summed E-state index contributed by atoms with van der Waals surface area (Å²) >= 11 is 0. The Hall–Kier alpha value is -2.60. The molecule has 0 spiro atoms. The third-order valence-corrected chi connectivity index (χ3v) is 7.00. The topological polar surface area (TPSA) is 0 Å². The summed E-state index contributed by atoms with van der Waals surface area (Å²) in [4.78, 5) is 0. The van der Waals surface area contributed by atoms with E-state index in [2.05, 4.69) is 94.9 Å². The van der Waals surface area contributed by atoms with E-state index in [1.165, 1.54) is 65.5 Å². The Kier molecular flexibility index (Phi) is 9.55. The number of allylic oxidation sites excluding steroid dienone is 1. The normalized spacial score (nSPS) is 11.0. The van der Waals surface area contributed by atoms with E-state index in [9.17, 15) is 0 Å². The lowest BCUT2D eigenvalue weighted by molar-refractivity contribution is 0.671. The first-order chi connectivity index (χ1) is 16.0. The first kappa shape index (κ1) is 25.0. The molecule has 0 bridgehead atoms. The van der Waals surface area contributed by atoms with Gasteiger partial charge in [0.2, 0.25) is 0 Å². The second-order valence-corrected chi connectivity index (χ2v) is 9.57. The lowest BCUT2D eigenvalue weighted by Crippen LogP contribution is -2.04. The maximum absolute atomic E-state index is 4.04. The number of aryl methyl sites for hydroxylation is 4. The molecule has 0 heterocycles. The molecule has 0 heteroatoms. The second-order valence-electron chi connectivity index (χ2n) is 9.57. The van der Waals surface area contributed by atoms with Gasteiger partial charge < -0.3 is 0 Å². The molecule has 0 aliphatic heterocycles. The van der Waals surface area contributed by atoms with Gasteiger partial charge in [0.25, 0.3) is 0 Å². The fourth-order valence-corrected chi connectivity index (χ4v) is 5.04. The monoisotopic (exact) mass is 438 g/mol. The van der Waals surface area contributed by atoms with Gasteiger partial charge in [-0.05, 0) is 110 Å². The van der Waals surface area contributed by atoms with Crippen LogP contribution in [0.1, 0.15) is 79.8 Å². The van der Waals surface area contributed by atoms with E-state index in [0.717, 1.165) is 25.7 Å². The van der Waals surface area contributed by atoms with Gasteiger partial charge in [-0.2, -0.15) is 0 Å². The van der Waals surface area contributed by atoms with Crippen molar-refractivity contribution in [2.75, 3.05) is 0 Å². The molecule has 0 aliphatic rings. The van der Waals surface area contributed by atoms with Gasteiger partial charge in [0, 0.05) is 0 Å². The van der Waals surface area contributed by atoms with Gasteiger partial charge in [0.15, 0.2) is 0 Å². The van der Waals surface area contributed by atoms with E-state index in [1.807, 2.05) is 0 Å². The predicted octanol–water partition coefficient (Wildman–Crippen LogP) is 9.25. The first-order valence-corrected chi connectivity index (χ1v) is 12.9. The minimum Gasteiger partial charge on any atom is -0.100 e. The van der Waals surface area contributed by atoms with Crippen molar-refractivity contribution in [3.8, 4) is 11.1 Å². The van der Waals surface area contributed by atoms with Gasteiger partial charge in [-0.3, -0.25) is 0 Å². The summed E-state index contributed by atoms with van der Waals surface area (Å²) in [7, 11) is 0. The van der Waals surface area contributed by atoms with Crippen molar-refractivity contribution in [1.82, 2.24) is 0 Å². The Labute approximate surface area is 202 Å². The molecule has 0 radical (unpaired) electrons. The van der Waals surface area contributed by atoms with Crippen molar-refractivity contribution in [3.63, 3.8) is 0 Å². The fraction of sp³-hybridized carbons (Fsp3) is 0.394. The van der Waals surface area contributed by atoms with Gasteiger partial charge >= 0.3 is 0 Å². The summed E-state index contributed by atoms with van der Waals surface area (Å²) in [6, 6.07) is 22.5. The highest BCUT2D eigenvalue weighted by Crippen LogP contribution is 2.27. The van der Waals surface area contributed by atoms with Crippen LogP contribution in [0.5, 0.6) is 0 Å². The minimum atomic E-state index is 1.10. The first-order valence-electron chi connectivity index (χ1n) is 12.9. The van der Waals surface area contributed by atoms with Crippen LogP contribution in [-0.4, -0.2) is 0 Å². The van der Waals surface area contributed by atoms with Crippen molar-refractivity contribution in [3.05, 3.63) is 106 Å². The van der Waals surface area contributed by atoms with Crippen LogP contribution in [0.3, 0.4) is 0 Å². The molecule has 3 rings (SSSR count). The summed E-state index contributed by atoms with van der Waals surface area (Å²) < 4.78 is 0. The Bertz CT molecular complexity index is 1010. The summed E-state index contributed by atoms with van der Waals surface area (Å²) in [5.41, 5.74) is 13.1. The Morgan fingerprint density at radius 3 is 2.06 bits per heavy atom. The molecule has 3 aromatic carbocycles. The maximum atomic E-state index is 4.04. The van der Waals surface area contributed by atoms with E-state index in [-0.39, 0.29) is 0 Å². The third-order valence-electron chi connectivity index (χ3n) is 7.00. The van der Waals surface area contributed by atoms with Gasteiger partial charge in [0.05, 0.1) is 0 Å². The zero-order chi connectivity index (χ0) is 23.6.